The topological polar surface area (TPSA) is 55.6 Å². The molecular weight excluding hydrogens is 262 g/mol. The van der Waals surface area contributed by atoms with E-state index in [2.05, 4.69) is 27.3 Å². The second kappa shape index (κ2) is 6.28. The quantitative estimate of drug-likeness (QED) is 0.779. The van der Waals surface area contributed by atoms with Crippen molar-refractivity contribution in [1.29, 1.82) is 0 Å². The third-order valence-corrected chi connectivity index (χ3v) is 3.28. The smallest absolute Gasteiger partial charge is 0.115 e. The molecule has 0 saturated carbocycles. The van der Waals surface area contributed by atoms with Crippen molar-refractivity contribution >= 4 is 0 Å². The average Bonchev–Trinajstić information content (AvgIpc) is 3.03. The Morgan fingerprint density at radius 1 is 1.10 bits per heavy atom. The van der Waals surface area contributed by atoms with Crippen LogP contribution in [0, 0.1) is 0 Å². The lowest BCUT2D eigenvalue weighted by Crippen LogP contribution is -2.25. The maximum absolute atomic E-state index is 4.45. The molecule has 5 heteroatoms. The summed E-state index contributed by atoms with van der Waals surface area (Å²) in [6.45, 7) is 2.92. The monoisotopic (exact) mass is 279 g/mol. The van der Waals surface area contributed by atoms with E-state index in [1.54, 1.807) is 12.5 Å². The van der Waals surface area contributed by atoms with Gasteiger partial charge in [0.1, 0.15) is 6.33 Å². The number of aromatic nitrogens is 4. The Labute approximate surface area is 123 Å². The summed E-state index contributed by atoms with van der Waals surface area (Å²) >= 11 is 0. The molecule has 3 rings (SSSR count). The summed E-state index contributed by atoms with van der Waals surface area (Å²) < 4.78 is 1.94. The molecule has 1 N–H and O–H groups in total. The highest BCUT2D eigenvalue weighted by molar-refractivity contribution is 5.35. The van der Waals surface area contributed by atoms with Crippen molar-refractivity contribution in [3.8, 4) is 5.69 Å². The zero-order valence-electron chi connectivity index (χ0n) is 11.8. The zero-order valence-corrected chi connectivity index (χ0v) is 11.8. The summed E-state index contributed by atoms with van der Waals surface area (Å²) in [5.74, 6) is 0. The van der Waals surface area contributed by atoms with E-state index in [4.69, 9.17) is 0 Å². The molecule has 2 heterocycles. The Balaban J connectivity index is 2.04. The molecule has 0 fully saturated rings. The predicted molar refractivity (Wildman–Crippen MR) is 81.1 cm³/mol. The number of benzene rings is 1. The van der Waals surface area contributed by atoms with Gasteiger partial charge in [-0.25, -0.2) is 14.6 Å². The first-order chi connectivity index (χ1) is 10.4. The lowest BCUT2D eigenvalue weighted by Gasteiger charge is -2.18. The van der Waals surface area contributed by atoms with Crippen LogP contribution in [-0.4, -0.2) is 26.3 Å². The van der Waals surface area contributed by atoms with Gasteiger partial charge in [0.2, 0.25) is 0 Å². The molecule has 1 aromatic carbocycles. The van der Waals surface area contributed by atoms with Crippen molar-refractivity contribution in [3.63, 3.8) is 0 Å². The van der Waals surface area contributed by atoms with Crippen molar-refractivity contribution in [2.45, 2.75) is 13.0 Å². The number of nitrogens with one attached hydrogen (secondary N) is 1. The SMILES string of the molecule is CCNC(c1ccncn1)c1ccnn1-c1ccccc1. The van der Waals surface area contributed by atoms with Gasteiger partial charge in [-0.3, -0.25) is 0 Å². The van der Waals surface area contributed by atoms with Crippen LogP contribution in [0.15, 0.2) is 61.2 Å². The third-order valence-electron chi connectivity index (χ3n) is 3.28. The van der Waals surface area contributed by atoms with Crippen molar-refractivity contribution < 1.29 is 0 Å². The average molecular weight is 279 g/mol. The van der Waals surface area contributed by atoms with Crippen molar-refractivity contribution in [1.82, 2.24) is 25.1 Å². The van der Waals surface area contributed by atoms with Crippen LogP contribution < -0.4 is 5.32 Å². The Bertz CT molecular complexity index is 678. The molecule has 5 nitrogen and oxygen atoms in total. The minimum atomic E-state index is -0.0132. The molecule has 1 atom stereocenters. The molecule has 106 valence electrons. The highest BCUT2D eigenvalue weighted by Gasteiger charge is 2.19. The van der Waals surface area contributed by atoms with E-state index in [1.807, 2.05) is 53.3 Å². The van der Waals surface area contributed by atoms with E-state index < -0.39 is 0 Å². The number of hydrogen-bond donors (Lipinski definition) is 1. The van der Waals surface area contributed by atoms with Crippen LogP contribution >= 0.6 is 0 Å². The van der Waals surface area contributed by atoms with E-state index in [0.29, 0.717) is 0 Å². The molecule has 21 heavy (non-hydrogen) atoms. The van der Waals surface area contributed by atoms with Gasteiger partial charge < -0.3 is 5.32 Å². The van der Waals surface area contributed by atoms with E-state index in [1.165, 1.54) is 0 Å². The first-order valence-electron chi connectivity index (χ1n) is 6.99. The first-order valence-corrected chi connectivity index (χ1v) is 6.99. The standard InChI is InChI=1S/C16H17N5/c1-2-18-16(14-8-10-17-12-19-14)15-9-11-20-21(15)13-6-4-3-5-7-13/h3-12,16,18H,2H2,1H3. The maximum Gasteiger partial charge on any atom is 0.115 e. The number of para-hydroxylation sites is 1. The van der Waals surface area contributed by atoms with Crippen LogP contribution in [0.1, 0.15) is 24.4 Å². The summed E-state index contributed by atoms with van der Waals surface area (Å²) in [5, 5.41) is 7.91. The second-order valence-corrected chi connectivity index (χ2v) is 4.63. The highest BCUT2D eigenvalue weighted by atomic mass is 15.3. The van der Waals surface area contributed by atoms with Gasteiger partial charge in [0.25, 0.3) is 0 Å². The Kier molecular flexibility index (Phi) is 4.02. The van der Waals surface area contributed by atoms with Gasteiger partial charge in [-0.05, 0) is 30.8 Å². The summed E-state index contributed by atoms with van der Waals surface area (Å²) in [6.07, 6.45) is 5.15. The van der Waals surface area contributed by atoms with E-state index in [-0.39, 0.29) is 6.04 Å². The summed E-state index contributed by atoms with van der Waals surface area (Å²) in [6, 6.07) is 14.0. The fourth-order valence-electron chi connectivity index (χ4n) is 2.35. The Hall–Kier alpha value is -2.53. The van der Waals surface area contributed by atoms with Crippen LogP contribution in [0.5, 0.6) is 0 Å². The minimum Gasteiger partial charge on any atom is -0.304 e. The third kappa shape index (κ3) is 2.83. The molecule has 0 radical (unpaired) electrons. The zero-order chi connectivity index (χ0) is 14.5. The van der Waals surface area contributed by atoms with Gasteiger partial charge in [0.05, 0.1) is 23.1 Å². The summed E-state index contributed by atoms with van der Waals surface area (Å²) in [5.41, 5.74) is 3.03. The molecule has 2 aromatic heterocycles. The van der Waals surface area contributed by atoms with Crippen LogP contribution in [-0.2, 0) is 0 Å². The van der Waals surface area contributed by atoms with Crippen molar-refractivity contribution in [3.05, 3.63) is 72.6 Å². The molecule has 0 aliphatic carbocycles. The molecule has 0 spiro atoms. The molecule has 0 saturated heterocycles. The molecular formula is C16H17N5. The molecule has 1 unspecified atom stereocenters. The predicted octanol–water partition coefficient (Wildman–Crippen LogP) is 2.36. The number of hydrogen-bond acceptors (Lipinski definition) is 4. The van der Waals surface area contributed by atoms with Gasteiger partial charge in [0.15, 0.2) is 0 Å². The van der Waals surface area contributed by atoms with Gasteiger partial charge >= 0.3 is 0 Å². The second-order valence-electron chi connectivity index (χ2n) is 4.63. The number of nitrogens with zero attached hydrogens (tertiary/aromatic N) is 4. The van der Waals surface area contributed by atoms with Gasteiger partial charge in [-0.15, -0.1) is 0 Å². The normalized spacial score (nSPS) is 12.2. The lowest BCUT2D eigenvalue weighted by molar-refractivity contribution is 0.579. The van der Waals surface area contributed by atoms with Gasteiger partial charge in [0, 0.05) is 12.4 Å². The van der Waals surface area contributed by atoms with Crippen LogP contribution in [0.3, 0.4) is 0 Å². The van der Waals surface area contributed by atoms with Gasteiger partial charge in [-0.2, -0.15) is 5.10 Å². The summed E-state index contributed by atoms with van der Waals surface area (Å²) in [4.78, 5) is 8.36. The number of rotatable bonds is 5. The Morgan fingerprint density at radius 3 is 2.67 bits per heavy atom. The van der Waals surface area contributed by atoms with Crippen LogP contribution in [0.4, 0.5) is 0 Å². The van der Waals surface area contributed by atoms with E-state index in [9.17, 15) is 0 Å². The molecule has 0 amide bonds. The van der Waals surface area contributed by atoms with E-state index >= 15 is 0 Å². The van der Waals surface area contributed by atoms with E-state index in [0.717, 1.165) is 23.6 Å². The molecule has 0 aliphatic heterocycles. The highest BCUT2D eigenvalue weighted by Crippen LogP contribution is 2.22. The fraction of sp³-hybridized carbons (Fsp3) is 0.188. The van der Waals surface area contributed by atoms with Crippen molar-refractivity contribution in [2.24, 2.45) is 0 Å². The summed E-state index contributed by atoms with van der Waals surface area (Å²) in [7, 11) is 0. The molecule has 0 aliphatic rings. The largest absolute Gasteiger partial charge is 0.304 e. The maximum atomic E-state index is 4.45. The van der Waals surface area contributed by atoms with Crippen LogP contribution in [0.2, 0.25) is 0 Å². The van der Waals surface area contributed by atoms with Crippen LogP contribution in [0.25, 0.3) is 5.69 Å². The molecule has 3 aromatic rings. The fourth-order valence-corrected chi connectivity index (χ4v) is 2.35. The van der Waals surface area contributed by atoms with Crippen molar-refractivity contribution in [2.75, 3.05) is 6.54 Å². The Morgan fingerprint density at radius 2 is 1.95 bits per heavy atom. The van der Waals surface area contributed by atoms with Gasteiger partial charge in [-0.1, -0.05) is 25.1 Å². The lowest BCUT2D eigenvalue weighted by atomic mass is 10.1. The first kappa shape index (κ1) is 13.5. The minimum absolute atomic E-state index is 0.0132. The molecule has 0 bridgehead atoms.